The van der Waals surface area contributed by atoms with Crippen LogP contribution in [0.2, 0.25) is 0 Å². The summed E-state index contributed by atoms with van der Waals surface area (Å²) in [5.74, 6) is 0.416. The van der Waals surface area contributed by atoms with E-state index in [1.54, 1.807) is 18.7 Å². The Kier molecular flexibility index (Phi) is 5.49. The van der Waals surface area contributed by atoms with E-state index < -0.39 is 10.5 Å². The third kappa shape index (κ3) is 5.04. The van der Waals surface area contributed by atoms with Gasteiger partial charge < -0.3 is 14.4 Å². The number of nitro groups is 1. The summed E-state index contributed by atoms with van der Waals surface area (Å²) in [6.45, 7) is 9.94. The van der Waals surface area contributed by atoms with Gasteiger partial charge in [0.2, 0.25) is 5.88 Å². The molecule has 0 unspecified atom stereocenters. The molecule has 1 saturated heterocycles. The van der Waals surface area contributed by atoms with Crippen molar-refractivity contribution in [2.45, 2.75) is 59.2 Å². The molecule has 2 heterocycles. The highest BCUT2D eigenvalue weighted by molar-refractivity contribution is 5.68. The zero-order valence-electron chi connectivity index (χ0n) is 15.4. The average molecular weight is 351 g/mol. The molecule has 0 N–H and O–H groups in total. The number of ether oxygens (including phenoxy) is 2. The molecule has 1 aliphatic heterocycles. The molecule has 1 aliphatic rings. The Bertz CT molecular complexity index is 661. The maximum absolute atomic E-state index is 12.1. The summed E-state index contributed by atoms with van der Waals surface area (Å²) in [6, 6.07) is 1.48. The van der Waals surface area contributed by atoms with Gasteiger partial charge in [0.15, 0.2) is 0 Å². The topological polar surface area (TPSA) is 94.8 Å². The lowest BCUT2D eigenvalue weighted by Gasteiger charge is -2.33. The number of nitrogens with zero attached hydrogens (tertiary/aromatic N) is 3. The second-order valence-corrected chi connectivity index (χ2v) is 7.26. The molecule has 25 heavy (non-hydrogen) atoms. The van der Waals surface area contributed by atoms with Gasteiger partial charge in [-0.15, -0.1) is 0 Å². The Hall–Kier alpha value is -2.38. The molecule has 0 aliphatic carbocycles. The van der Waals surface area contributed by atoms with Crippen LogP contribution in [0.4, 0.5) is 10.5 Å². The van der Waals surface area contributed by atoms with E-state index in [0.29, 0.717) is 43.1 Å². The minimum Gasteiger partial charge on any atom is -0.474 e. The third-order valence-corrected chi connectivity index (χ3v) is 3.90. The number of carbonyl (C=O) groups is 1. The van der Waals surface area contributed by atoms with Gasteiger partial charge in [-0.1, -0.05) is 0 Å². The predicted molar refractivity (Wildman–Crippen MR) is 91.8 cm³/mol. The fourth-order valence-corrected chi connectivity index (χ4v) is 2.61. The zero-order valence-corrected chi connectivity index (χ0v) is 15.4. The molecule has 0 spiro atoms. The molecule has 0 saturated carbocycles. The SMILES string of the molecule is Cc1cc([N+](=O)[O-])c(C)nc1OC1CCN(C(=O)OC(C)(C)C)CC1. The number of hydrogen-bond acceptors (Lipinski definition) is 6. The van der Waals surface area contributed by atoms with Crippen molar-refractivity contribution in [3.8, 4) is 5.88 Å². The van der Waals surface area contributed by atoms with Gasteiger partial charge in [0, 0.05) is 37.6 Å². The maximum atomic E-state index is 12.1. The van der Waals surface area contributed by atoms with Crippen LogP contribution in [0.1, 0.15) is 44.9 Å². The fraction of sp³-hybridized carbons (Fsp3) is 0.647. The number of pyridine rings is 1. The van der Waals surface area contributed by atoms with Crippen LogP contribution in [0.25, 0.3) is 0 Å². The van der Waals surface area contributed by atoms with Crippen molar-refractivity contribution >= 4 is 11.8 Å². The molecule has 1 amide bonds. The molecule has 0 atom stereocenters. The van der Waals surface area contributed by atoms with E-state index >= 15 is 0 Å². The normalized spacial score (nSPS) is 15.8. The molecular formula is C17H25N3O5. The minimum absolute atomic E-state index is 0.00963. The number of aryl methyl sites for hydroxylation is 2. The molecule has 8 heteroatoms. The van der Waals surface area contributed by atoms with E-state index in [1.807, 2.05) is 20.8 Å². The number of aromatic nitrogens is 1. The van der Waals surface area contributed by atoms with Crippen LogP contribution in [-0.4, -0.2) is 45.7 Å². The second-order valence-electron chi connectivity index (χ2n) is 7.26. The molecule has 2 rings (SSSR count). The van der Waals surface area contributed by atoms with E-state index in [4.69, 9.17) is 9.47 Å². The molecular weight excluding hydrogens is 326 g/mol. The summed E-state index contributed by atoms with van der Waals surface area (Å²) < 4.78 is 11.3. The molecule has 1 aromatic rings. The maximum Gasteiger partial charge on any atom is 0.410 e. The summed E-state index contributed by atoms with van der Waals surface area (Å²) >= 11 is 0. The first-order valence-electron chi connectivity index (χ1n) is 8.34. The Morgan fingerprint density at radius 1 is 1.32 bits per heavy atom. The van der Waals surface area contributed by atoms with Crippen LogP contribution in [0.15, 0.2) is 6.07 Å². The Labute approximate surface area is 147 Å². The van der Waals surface area contributed by atoms with Crippen LogP contribution in [0, 0.1) is 24.0 Å². The second kappa shape index (κ2) is 7.25. The van der Waals surface area contributed by atoms with Crippen molar-refractivity contribution in [3.05, 3.63) is 27.4 Å². The quantitative estimate of drug-likeness (QED) is 0.612. The first kappa shape index (κ1) is 19.0. The summed E-state index contributed by atoms with van der Waals surface area (Å²) in [6.07, 6.45) is 0.935. The van der Waals surface area contributed by atoms with Crippen molar-refractivity contribution in [3.63, 3.8) is 0 Å². The van der Waals surface area contributed by atoms with E-state index in [1.165, 1.54) is 6.07 Å². The van der Waals surface area contributed by atoms with Crippen molar-refractivity contribution < 1.29 is 19.2 Å². The van der Waals surface area contributed by atoms with E-state index in [9.17, 15) is 14.9 Å². The number of amides is 1. The van der Waals surface area contributed by atoms with Crippen molar-refractivity contribution in [2.75, 3.05) is 13.1 Å². The van der Waals surface area contributed by atoms with Crippen molar-refractivity contribution in [1.29, 1.82) is 0 Å². The number of carbonyl (C=O) groups excluding carboxylic acids is 1. The number of likely N-dealkylation sites (tertiary alicyclic amines) is 1. The highest BCUT2D eigenvalue weighted by atomic mass is 16.6. The van der Waals surface area contributed by atoms with E-state index in [0.717, 1.165) is 0 Å². The van der Waals surface area contributed by atoms with Crippen LogP contribution < -0.4 is 4.74 Å². The predicted octanol–water partition coefficient (Wildman–Crippen LogP) is 3.38. The van der Waals surface area contributed by atoms with Crippen LogP contribution in [0.5, 0.6) is 5.88 Å². The zero-order chi connectivity index (χ0) is 18.8. The smallest absolute Gasteiger partial charge is 0.410 e. The monoisotopic (exact) mass is 351 g/mol. The highest BCUT2D eigenvalue weighted by Gasteiger charge is 2.28. The van der Waals surface area contributed by atoms with Crippen LogP contribution >= 0.6 is 0 Å². The lowest BCUT2D eigenvalue weighted by Crippen LogP contribution is -2.44. The van der Waals surface area contributed by atoms with Gasteiger partial charge in [-0.2, -0.15) is 0 Å². The van der Waals surface area contributed by atoms with Crippen LogP contribution in [0.3, 0.4) is 0 Å². The number of rotatable bonds is 3. The molecule has 0 radical (unpaired) electrons. The number of piperidine rings is 1. The average Bonchev–Trinajstić information content (AvgIpc) is 2.49. The molecule has 138 valence electrons. The summed E-state index contributed by atoms with van der Waals surface area (Å²) in [4.78, 5) is 28.5. The molecule has 8 nitrogen and oxygen atoms in total. The highest BCUT2D eigenvalue weighted by Crippen LogP contribution is 2.26. The van der Waals surface area contributed by atoms with E-state index in [-0.39, 0.29) is 17.9 Å². The lowest BCUT2D eigenvalue weighted by atomic mass is 10.1. The third-order valence-electron chi connectivity index (χ3n) is 3.90. The first-order chi connectivity index (χ1) is 11.6. The summed E-state index contributed by atoms with van der Waals surface area (Å²) in [5, 5.41) is 10.9. The van der Waals surface area contributed by atoms with Gasteiger partial charge in [-0.25, -0.2) is 9.78 Å². The minimum atomic E-state index is -0.512. The standard InChI is InChI=1S/C17H25N3O5/c1-11-10-14(20(22)23)12(2)18-15(11)24-13-6-8-19(9-7-13)16(21)25-17(3,4)5/h10,13H,6-9H2,1-5H3. The van der Waals surface area contributed by atoms with Crippen LogP contribution in [-0.2, 0) is 4.74 Å². The molecule has 1 aromatic heterocycles. The first-order valence-corrected chi connectivity index (χ1v) is 8.34. The van der Waals surface area contributed by atoms with Gasteiger partial charge in [0.1, 0.15) is 17.4 Å². The number of hydrogen-bond donors (Lipinski definition) is 0. The molecule has 0 aromatic carbocycles. The van der Waals surface area contributed by atoms with Gasteiger partial charge in [0.05, 0.1) is 4.92 Å². The van der Waals surface area contributed by atoms with Crippen molar-refractivity contribution in [1.82, 2.24) is 9.88 Å². The fourth-order valence-electron chi connectivity index (χ4n) is 2.61. The van der Waals surface area contributed by atoms with Gasteiger partial charge in [-0.3, -0.25) is 10.1 Å². The van der Waals surface area contributed by atoms with E-state index in [2.05, 4.69) is 4.98 Å². The largest absolute Gasteiger partial charge is 0.474 e. The summed E-state index contributed by atoms with van der Waals surface area (Å²) in [5.41, 5.74) is 0.440. The molecule has 1 fully saturated rings. The van der Waals surface area contributed by atoms with Gasteiger partial charge >= 0.3 is 6.09 Å². The summed E-state index contributed by atoms with van der Waals surface area (Å²) in [7, 11) is 0. The Balaban J connectivity index is 1.95. The van der Waals surface area contributed by atoms with Crippen molar-refractivity contribution in [2.24, 2.45) is 0 Å². The lowest BCUT2D eigenvalue weighted by molar-refractivity contribution is -0.385. The van der Waals surface area contributed by atoms with Gasteiger partial charge in [0.25, 0.3) is 5.69 Å². The Morgan fingerprint density at radius 2 is 1.92 bits per heavy atom. The Morgan fingerprint density at radius 3 is 2.44 bits per heavy atom. The van der Waals surface area contributed by atoms with Gasteiger partial charge in [-0.05, 0) is 34.6 Å². The molecule has 0 bridgehead atoms.